The molecule has 1 amide bonds. The lowest BCUT2D eigenvalue weighted by atomic mass is 10.5. The number of amides is 1. The molecule has 0 aromatic carbocycles. The summed E-state index contributed by atoms with van der Waals surface area (Å²) in [4.78, 5) is 16.0. The standard InChI is InChI=1S/C7H13N3O/c1-6-8-3-4-10(6)5-9-7(2)11/h3-5H2,1-2H3,(H,9,11)/p+1. The molecule has 0 bridgehead atoms. The number of hydrogen-bond acceptors (Lipinski definition) is 2. The van der Waals surface area contributed by atoms with E-state index in [1.165, 1.54) is 11.8 Å². The van der Waals surface area contributed by atoms with Crippen LogP contribution < -0.4 is 10.2 Å². The Hall–Kier alpha value is -0.900. The number of nitrogens with zero attached hydrogens (tertiary/aromatic N) is 1. The Bertz CT molecular complexity index is 188. The van der Waals surface area contributed by atoms with Crippen LogP contribution in [0.15, 0.2) is 4.99 Å². The smallest absolute Gasteiger partial charge is 0.221 e. The van der Waals surface area contributed by atoms with Gasteiger partial charge in [-0.25, -0.2) is 4.99 Å². The summed E-state index contributed by atoms with van der Waals surface area (Å²) in [6.45, 7) is 6.09. The van der Waals surface area contributed by atoms with Crippen LogP contribution in [0.4, 0.5) is 0 Å². The normalized spacial score (nSPS) is 23.1. The monoisotopic (exact) mass is 156 g/mol. The molecule has 0 fully saturated rings. The minimum Gasteiger partial charge on any atom is -0.309 e. The average molecular weight is 156 g/mol. The summed E-state index contributed by atoms with van der Waals surface area (Å²) < 4.78 is 0. The molecule has 1 rings (SSSR count). The Morgan fingerprint density at radius 2 is 2.55 bits per heavy atom. The molecule has 4 heteroatoms. The van der Waals surface area contributed by atoms with Crippen molar-refractivity contribution in [2.24, 2.45) is 4.99 Å². The zero-order valence-corrected chi connectivity index (χ0v) is 6.98. The Morgan fingerprint density at radius 3 is 3.00 bits per heavy atom. The third-order valence-electron chi connectivity index (χ3n) is 1.82. The van der Waals surface area contributed by atoms with E-state index in [-0.39, 0.29) is 5.91 Å². The predicted molar refractivity (Wildman–Crippen MR) is 42.5 cm³/mol. The van der Waals surface area contributed by atoms with E-state index in [4.69, 9.17) is 0 Å². The molecule has 1 unspecified atom stereocenters. The van der Waals surface area contributed by atoms with E-state index in [0.29, 0.717) is 6.67 Å². The van der Waals surface area contributed by atoms with E-state index in [0.717, 1.165) is 18.9 Å². The summed E-state index contributed by atoms with van der Waals surface area (Å²) in [6, 6.07) is 0. The van der Waals surface area contributed by atoms with Gasteiger partial charge in [-0.1, -0.05) is 0 Å². The van der Waals surface area contributed by atoms with Crippen LogP contribution in [0, 0.1) is 0 Å². The van der Waals surface area contributed by atoms with E-state index in [9.17, 15) is 4.79 Å². The van der Waals surface area contributed by atoms with Gasteiger partial charge in [0.2, 0.25) is 5.91 Å². The fraction of sp³-hybridized carbons (Fsp3) is 0.714. The highest BCUT2D eigenvalue weighted by Crippen LogP contribution is 1.75. The molecule has 0 saturated carbocycles. The van der Waals surface area contributed by atoms with Crippen LogP contribution in [0.5, 0.6) is 0 Å². The van der Waals surface area contributed by atoms with Crippen LogP contribution in [-0.2, 0) is 4.79 Å². The van der Waals surface area contributed by atoms with Gasteiger partial charge in [0.05, 0.1) is 6.54 Å². The lowest BCUT2D eigenvalue weighted by molar-refractivity contribution is -0.800. The first-order valence-corrected chi connectivity index (χ1v) is 3.80. The molecule has 0 aromatic heterocycles. The van der Waals surface area contributed by atoms with Crippen LogP contribution in [0.3, 0.4) is 0 Å². The minimum atomic E-state index is 0.0252. The Labute approximate surface area is 66.3 Å². The van der Waals surface area contributed by atoms with Gasteiger partial charge < -0.3 is 5.32 Å². The highest BCUT2D eigenvalue weighted by Gasteiger charge is 2.17. The Balaban J connectivity index is 2.27. The van der Waals surface area contributed by atoms with Gasteiger partial charge in [-0.15, -0.1) is 0 Å². The number of carbonyl (C=O) groups excluding carboxylic acids is 1. The zero-order valence-electron chi connectivity index (χ0n) is 6.98. The molecule has 1 aliphatic rings. The number of hydrogen-bond donors (Lipinski definition) is 2. The maximum absolute atomic E-state index is 10.5. The van der Waals surface area contributed by atoms with Gasteiger partial charge in [-0.3, -0.25) is 9.69 Å². The third kappa shape index (κ3) is 2.31. The molecule has 0 aromatic rings. The fourth-order valence-electron chi connectivity index (χ4n) is 1.10. The Kier molecular flexibility index (Phi) is 2.59. The van der Waals surface area contributed by atoms with Crippen LogP contribution >= 0.6 is 0 Å². The molecule has 4 nitrogen and oxygen atoms in total. The van der Waals surface area contributed by atoms with E-state index < -0.39 is 0 Å². The minimum absolute atomic E-state index is 0.0252. The van der Waals surface area contributed by atoms with Crippen molar-refractivity contribution in [3.05, 3.63) is 0 Å². The lowest BCUT2D eigenvalue weighted by Crippen LogP contribution is -3.14. The summed E-state index contributed by atoms with van der Waals surface area (Å²) in [7, 11) is 0. The summed E-state index contributed by atoms with van der Waals surface area (Å²) in [5, 5.41) is 2.76. The molecule has 0 spiro atoms. The maximum Gasteiger partial charge on any atom is 0.221 e. The Morgan fingerprint density at radius 1 is 1.82 bits per heavy atom. The lowest BCUT2D eigenvalue weighted by Gasteiger charge is -2.11. The number of aliphatic imine (C=N–C) groups is 1. The number of carbonyl (C=O) groups is 1. The molecule has 2 N–H and O–H groups in total. The molecular formula is C7H14N3O+. The summed E-state index contributed by atoms with van der Waals surface area (Å²) in [6.07, 6.45) is 0. The largest absolute Gasteiger partial charge is 0.309 e. The second-order valence-corrected chi connectivity index (χ2v) is 2.73. The molecule has 1 heterocycles. The number of amidine groups is 1. The second-order valence-electron chi connectivity index (χ2n) is 2.73. The fourth-order valence-corrected chi connectivity index (χ4v) is 1.10. The van der Waals surface area contributed by atoms with E-state index in [1.807, 2.05) is 6.92 Å². The molecular weight excluding hydrogens is 142 g/mol. The van der Waals surface area contributed by atoms with Crippen molar-refractivity contribution in [1.29, 1.82) is 0 Å². The SMILES string of the molecule is CC(=O)NC[NH+]1CCN=C1C. The molecule has 0 saturated heterocycles. The predicted octanol–water partition coefficient (Wildman–Crippen LogP) is -1.60. The van der Waals surface area contributed by atoms with E-state index in [1.54, 1.807) is 0 Å². The van der Waals surface area contributed by atoms with Gasteiger partial charge in [-0.05, 0) is 0 Å². The van der Waals surface area contributed by atoms with Gasteiger partial charge in [0, 0.05) is 13.8 Å². The van der Waals surface area contributed by atoms with Crippen molar-refractivity contribution < 1.29 is 9.69 Å². The number of rotatable bonds is 2. The zero-order chi connectivity index (χ0) is 8.27. The average Bonchev–Trinajstić information content (AvgIpc) is 2.31. The van der Waals surface area contributed by atoms with E-state index in [2.05, 4.69) is 10.3 Å². The summed E-state index contributed by atoms with van der Waals surface area (Å²) >= 11 is 0. The first-order valence-electron chi connectivity index (χ1n) is 3.80. The van der Waals surface area contributed by atoms with Crippen LogP contribution in [0.2, 0.25) is 0 Å². The van der Waals surface area contributed by atoms with Crippen LogP contribution in [-0.4, -0.2) is 31.5 Å². The van der Waals surface area contributed by atoms with Crippen LogP contribution in [0.25, 0.3) is 0 Å². The van der Waals surface area contributed by atoms with Crippen molar-refractivity contribution in [2.45, 2.75) is 13.8 Å². The van der Waals surface area contributed by atoms with Gasteiger partial charge in [0.15, 0.2) is 12.5 Å². The number of quaternary nitrogens is 1. The molecule has 1 aliphatic heterocycles. The summed E-state index contributed by atoms with van der Waals surface area (Å²) in [5.41, 5.74) is 0. The van der Waals surface area contributed by atoms with Crippen LogP contribution in [0.1, 0.15) is 13.8 Å². The van der Waals surface area contributed by atoms with Crippen molar-refractivity contribution in [1.82, 2.24) is 5.32 Å². The molecule has 0 radical (unpaired) electrons. The van der Waals surface area contributed by atoms with Gasteiger partial charge in [0.1, 0.15) is 6.54 Å². The molecule has 1 atom stereocenters. The van der Waals surface area contributed by atoms with Gasteiger partial charge in [-0.2, -0.15) is 0 Å². The summed E-state index contributed by atoms with van der Waals surface area (Å²) in [5.74, 6) is 1.12. The van der Waals surface area contributed by atoms with Crippen molar-refractivity contribution in [3.8, 4) is 0 Å². The third-order valence-corrected chi connectivity index (χ3v) is 1.82. The number of nitrogens with one attached hydrogen (secondary N) is 2. The van der Waals surface area contributed by atoms with E-state index >= 15 is 0 Å². The topological polar surface area (TPSA) is 45.9 Å². The molecule has 0 aliphatic carbocycles. The maximum atomic E-state index is 10.5. The molecule has 11 heavy (non-hydrogen) atoms. The first kappa shape index (κ1) is 8.20. The second kappa shape index (κ2) is 3.48. The highest BCUT2D eigenvalue weighted by atomic mass is 16.1. The van der Waals surface area contributed by atoms with Crippen molar-refractivity contribution >= 4 is 11.7 Å². The van der Waals surface area contributed by atoms with Crippen molar-refractivity contribution in [3.63, 3.8) is 0 Å². The van der Waals surface area contributed by atoms with Crippen molar-refractivity contribution in [2.75, 3.05) is 19.8 Å². The highest BCUT2D eigenvalue weighted by molar-refractivity contribution is 5.74. The quantitative estimate of drug-likeness (QED) is 0.497. The van der Waals surface area contributed by atoms with Gasteiger partial charge >= 0.3 is 0 Å². The van der Waals surface area contributed by atoms with Gasteiger partial charge in [0.25, 0.3) is 0 Å². The first-order chi connectivity index (χ1) is 5.20. The molecule has 62 valence electrons.